The number of hydrogen-bond acceptors (Lipinski definition) is 4. The van der Waals surface area contributed by atoms with E-state index >= 15 is 0 Å². The number of nitrogens with zero attached hydrogens (tertiary/aromatic N) is 4. The fourth-order valence-corrected chi connectivity index (χ4v) is 1.65. The molecule has 6 heteroatoms. The summed E-state index contributed by atoms with van der Waals surface area (Å²) in [5, 5.41) is 11.5. The average Bonchev–Trinajstić information content (AvgIpc) is 2.68. The van der Waals surface area contributed by atoms with Crippen LogP contribution in [0.4, 0.5) is 5.82 Å². The number of rotatable bonds is 1. The van der Waals surface area contributed by atoms with Crippen LogP contribution < -0.4 is 0 Å². The number of fused-ring (bicyclic) bond motifs is 2. The number of pyridine rings is 1. The van der Waals surface area contributed by atoms with Crippen LogP contribution in [0.1, 0.15) is 0 Å². The fourth-order valence-electron chi connectivity index (χ4n) is 1.65. The Bertz CT molecular complexity index is 704. The largest absolute Gasteiger partial charge is 0.358 e. The Balaban J connectivity index is 2.45. The standard InChI is InChI=1S/C10H6N4O2/c15-14(16)9-4-3-8-12-10-7(6-13(8)9)2-1-5-11-10/h1-6H. The van der Waals surface area contributed by atoms with Gasteiger partial charge in [0, 0.05) is 18.3 Å². The molecule has 16 heavy (non-hydrogen) atoms. The summed E-state index contributed by atoms with van der Waals surface area (Å²) in [5.41, 5.74) is 1.11. The summed E-state index contributed by atoms with van der Waals surface area (Å²) in [6.07, 6.45) is 3.31. The van der Waals surface area contributed by atoms with E-state index in [0.29, 0.717) is 11.3 Å². The van der Waals surface area contributed by atoms with Gasteiger partial charge in [0.25, 0.3) is 0 Å². The van der Waals surface area contributed by atoms with E-state index < -0.39 is 4.92 Å². The molecule has 0 N–H and O–H groups in total. The van der Waals surface area contributed by atoms with Crippen LogP contribution in [0.3, 0.4) is 0 Å². The minimum absolute atomic E-state index is 0.00764. The average molecular weight is 214 g/mol. The first-order valence-corrected chi connectivity index (χ1v) is 4.63. The summed E-state index contributed by atoms with van der Waals surface area (Å²) < 4.78 is 1.45. The molecule has 0 aliphatic carbocycles. The maximum atomic E-state index is 10.8. The van der Waals surface area contributed by atoms with E-state index in [1.165, 1.54) is 10.5 Å². The van der Waals surface area contributed by atoms with Gasteiger partial charge in [0.05, 0.1) is 5.39 Å². The summed E-state index contributed by atoms with van der Waals surface area (Å²) in [6.45, 7) is 0. The SMILES string of the molecule is O=[N+]([O-])c1ccc2nc3ncccc3cn12. The molecule has 0 aliphatic rings. The van der Waals surface area contributed by atoms with Crippen molar-refractivity contribution in [3.05, 3.63) is 46.8 Å². The van der Waals surface area contributed by atoms with E-state index in [0.717, 1.165) is 5.39 Å². The highest BCUT2D eigenvalue weighted by Crippen LogP contribution is 2.18. The van der Waals surface area contributed by atoms with Gasteiger partial charge >= 0.3 is 5.82 Å². The number of nitro groups is 1. The van der Waals surface area contributed by atoms with Crippen LogP contribution in [0.15, 0.2) is 36.7 Å². The lowest BCUT2D eigenvalue weighted by Gasteiger charge is -1.96. The molecule has 0 unspecified atom stereocenters. The van der Waals surface area contributed by atoms with Crippen molar-refractivity contribution >= 4 is 22.5 Å². The zero-order valence-corrected chi connectivity index (χ0v) is 8.07. The Labute approximate surface area is 89.3 Å². The second kappa shape index (κ2) is 2.99. The molecule has 6 nitrogen and oxygen atoms in total. The Morgan fingerprint density at radius 1 is 1.31 bits per heavy atom. The quantitative estimate of drug-likeness (QED) is 0.457. The molecule has 3 rings (SSSR count). The second-order valence-corrected chi connectivity index (χ2v) is 3.33. The molecule has 0 amide bonds. The monoisotopic (exact) mass is 214 g/mol. The van der Waals surface area contributed by atoms with Crippen molar-refractivity contribution in [2.75, 3.05) is 0 Å². The molecular formula is C10H6N4O2. The third-order valence-corrected chi connectivity index (χ3v) is 2.37. The van der Waals surface area contributed by atoms with Crippen LogP contribution in [0, 0.1) is 10.1 Å². The second-order valence-electron chi connectivity index (χ2n) is 3.33. The summed E-state index contributed by atoms with van der Waals surface area (Å²) in [7, 11) is 0. The van der Waals surface area contributed by atoms with Crippen LogP contribution in [-0.2, 0) is 0 Å². The maximum Gasteiger partial charge on any atom is 0.329 e. The summed E-state index contributed by atoms with van der Waals surface area (Å²) in [4.78, 5) is 18.6. The number of hydrogen-bond donors (Lipinski definition) is 0. The minimum Gasteiger partial charge on any atom is -0.358 e. The molecule has 0 fully saturated rings. The summed E-state index contributed by atoms with van der Waals surface area (Å²) in [5.74, 6) is 0.00764. The van der Waals surface area contributed by atoms with Gasteiger partial charge in [0.15, 0.2) is 5.65 Å². The first kappa shape index (κ1) is 8.78. The van der Waals surface area contributed by atoms with Crippen LogP contribution in [0.5, 0.6) is 0 Å². The Hall–Kier alpha value is -2.50. The van der Waals surface area contributed by atoms with Gasteiger partial charge in [-0.25, -0.2) is 4.98 Å². The van der Waals surface area contributed by atoms with Gasteiger partial charge < -0.3 is 10.1 Å². The van der Waals surface area contributed by atoms with Gasteiger partial charge in [-0.05, 0) is 17.1 Å². The zero-order chi connectivity index (χ0) is 11.1. The van der Waals surface area contributed by atoms with Crippen LogP contribution in [-0.4, -0.2) is 19.3 Å². The predicted molar refractivity (Wildman–Crippen MR) is 57.1 cm³/mol. The molecule has 78 valence electrons. The first-order chi connectivity index (χ1) is 7.75. The zero-order valence-electron chi connectivity index (χ0n) is 8.07. The highest BCUT2D eigenvalue weighted by atomic mass is 16.6. The molecule has 0 spiro atoms. The topological polar surface area (TPSA) is 73.3 Å². The lowest BCUT2D eigenvalue weighted by atomic mass is 10.3. The van der Waals surface area contributed by atoms with Gasteiger partial charge in [-0.15, -0.1) is 0 Å². The Morgan fingerprint density at radius 2 is 2.19 bits per heavy atom. The van der Waals surface area contributed by atoms with Gasteiger partial charge in [-0.3, -0.25) is 0 Å². The molecule has 0 aliphatic heterocycles. The van der Waals surface area contributed by atoms with Crippen molar-refractivity contribution in [2.45, 2.75) is 0 Å². The normalized spacial score (nSPS) is 11.0. The lowest BCUT2D eigenvalue weighted by Crippen LogP contribution is -1.96. The molecule has 0 saturated heterocycles. The van der Waals surface area contributed by atoms with Crippen LogP contribution in [0.25, 0.3) is 16.7 Å². The first-order valence-electron chi connectivity index (χ1n) is 4.63. The van der Waals surface area contributed by atoms with Gasteiger partial charge in [-0.1, -0.05) is 0 Å². The lowest BCUT2D eigenvalue weighted by molar-refractivity contribution is -0.390. The molecule has 3 heterocycles. The van der Waals surface area contributed by atoms with E-state index in [-0.39, 0.29) is 5.82 Å². The van der Waals surface area contributed by atoms with Crippen LogP contribution in [0.2, 0.25) is 0 Å². The molecule has 3 aromatic rings. The maximum absolute atomic E-state index is 10.8. The third-order valence-electron chi connectivity index (χ3n) is 2.37. The molecule has 3 aromatic heterocycles. The van der Waals surface area contributed by atoms with Crippen molar-refractivity contribution in [2.24, 2.45) is 0 Å². The predicted octanol–water partition coefficient (Wildman–Crippen LogP) is 1.79. The smallest absolute Gasteiger partial charge is 0.329 e. The third kappa shape index (κ3) is 1.13. The van der Waals surface area contributed by atoms with Crippen molar-refractivity contribution in [1.82, 2.24) is 14.4 Å². The Kier molecular flexibility index (Phi) is 1.64. The van der Waals surface area contributed by atoms with Crippen molar-refractivity contribution in [1.29, 1.82) is 0 Å². The summed E-state index contributed by atoms with van der Waals surface area (Å²) in [6, 6.07) is 6.62. The van der Waals surface area contributed by atoms with Gasteiger partial charge in [0.1, 0.15) is 6.20 Å². The van der Waals surface area contributed by atoms with Crippen molar-refractivity contribution in [3.8, 4) is 0 Å². The van der Waals surface area contributed by atoms with Gasteiger partial charge in [-0.2, -0.15) is 9.38 Å². The highest BCUT2D eigenvalue weighted by molar-refractivity contribution is 5.76. The molecule has 0 aromatic carbocycles. The molecule has 0 atom stereocenters. The van der Waals surface area contributed by atoms with Crippen molar-refractivity contribution in [3.63, 3.8) is 0 Å². The summed E-state index contributed by atoms with van der Waals surface area (Å²) >= 11 is 0. The van der Waals surface area contributed by atoms with E-state index in [1.54, 1.807) is 24.5 Å². The van der Waals surface area contributed by atoms with E-state index in [9.17, 15) is 10.1 Å². The van der Waals surface area contributed by atoms with E-state index in [2.05, 4.69) is 9.97 Å². The molecule has 0 saturated carbocycles. The Morgan fingerprint density at radius 3 is 3.00 bits per heavy atom. The van der Waals surface area contributed by atoms with Crippen molar-refractivity contribution < 1.29 is 4.92 Å². The van der Waals surface area contributed by atoms with E-state index in [4.69, 9.17) is 0 Å². The molecule has 0 radical (unpaired) electrons. The van der Waals surface area contributed by atoms with Crippen LogP contribution >= 0.6 is 0 Å². The highest BCUT2D eigenvalue weighted by Gasteiger charge is 2.13. The fraction of sp³-hybridized carbons (Fsp3) is 0. The van der Waals surface area contributed by atoms with Gasteiger partial charge in [0.2, 0.25) is 5.65 Å². The molecule has 0 bridgehead atoms. The minimum atomic E-state index is -0.434. The molecular weight excluding hydrogens is 208 g/mol. The van der Waals surface area contributed by atoms with E-state index in [1.807, 2.05) is 6.07 Å². The number of aromatic nitrogens is 3.